The second-order valence-electron chi connectivity index (χ2n) is 5.79. The van der Waals surface area contributed by atoms with E-state index in [-0.39, 0.29) is 10.7 Å². The third-order valence-electron chi connectivity index (χ3n) is 3.84. The Morgan fingerprint density at radius 3 is 2.54 bits per heavy atom. The third-order valence-corrected chi connectivity index (χ3v) is 7.31. The van der Waals surface area contributed by atoms with Gasteiger partial charge >= 0.3 is 0 Å². The van der Waals surface area contributed by atoms with E-state index in [1.165, 1.54) is 43.6 Å². The number of fused-ring (bicyclic) bond motifs is 1. The summed E-state index contributed by atoms with van der Waals surface area (Å²) in [6.07, 6.45) is 3.08. The number of sulfonamides is 1. The Morgan fingerprint density at radius 1 is 1.12 bits per heavy atom. The van der Waals surface area contributed by atoms with E-state index in [9.17, 15) is 13.2 Å². The van der Waals surface area contributed by atoms with Crippen LogP contribution in [0.2, 0.25) is 5.02 Å². The number of hydrogen-bond donors (Lipinski definition) is 0. The molecular formula is C19H16ClNO3S2. The second kappa shape index (κ2) is 7.32. The molecule has 0 aliphatic rings. The van der Waals surface area contributed by atoms with E-state index in [1.807, 2.05) is 24.3 Å². The Balaban J connectivity index is 1.90. The van der Waals surface area contributed by atoms with Gasteiger partial charge in [-0.3, -0.25) is 4.79 Å². The van der Waals surface area contributed by atoms with Crippen molar-refractivity contribution in [3.8, 4) is 0 Å². The average Bonchev–Trinajstić information content (AvgIpc) is 2.96. The quantitative estimate of drug-likeness (QED) is 0.456. The molecule has 1 heterocycles. The van der Waals surface area contributed by atoms with E-state index in [2.05, 4.69) is 0 Å². The molecule has 134 valence electrons. The molecule has 4 nitrogen and oxygen atoms in total. The number of ketones is 1. The predicted octanol–water partition coefficient (Wildman–Crippen LogP) is 4.70. The first-order chi connectivity index (χ1) is 12.3. The summed E-state index contributed by atoms with van der Waals surface area (Å²) in [7, 11) is -0.683. The van der Waals surface area contributed by atoms with Crippen molar-refractivity contribution in [1.29, 1.82) is 0 Å². The van der Waals surface area contributed by atoms with Crippen molar-refractivity contribution in [3.05, 3.63) is 70.1 Å². The number of benzene rings is 2. The molecule has 0 fully saturated rings. The van der Waals surface area contributed by atoms with Gasteiger partial charge in [0.15, 0.2) is 5.78 Å². The van der Waals surface area contributed by atoms with Crippen LogP contribution in [0.25, 0.3) is 16.2 Å². The maximum atomic E-state index is 12.5. The number of nitrogens with zero attached hydrogens (tertiary/aromatic N) is 1. The van der Waals surface area contributed by atoms with Crippen LogP contribution < -0.4 is 0 Å². The van der Waals surface area contributed by atoms with Gasteiger partial charge < -0.3 is 0 Å². The monoisotopic (exact) mass is 405 g/mol. The van der Waals surface area contributed by atoms with Gasteiger partial charge in [-0.15, -0.1) is 11.3 Å². The van der Waals surface area contributed by atoms with Crippen LogP contribution in [-0.2, 0) is 10.0 Å². The molecule has 0 saturated carbocycles. The standard InChI is InChI=1S/C19H16ClNO3S2/c1-21(2)26(23,24)14-7-5-6-13(12-14)16(22)10-11-18-19(20)15-8-3-4-9-17(15)25-18/h3-12H,1-2H3. The van der Waals surface area contributed by atoms with Crippen molar-refractivity contribution in [2.24, 2.45) is 0 Å². The maximum Gasteiger partial charge on any atom is 0.242 e. The molecule has 0 amide bonds. The highest BCUT2D eigenvalue weighted by molar-refractivity contribution is 7.89. The summed E-state index contributed by atoms with van der Waals surface area (Å²) in [4.78, 5) is 13.3. The van der Waals surface area contributed by atoms with Gasteiger partial charge in [0.05, 0.1) is 9.92 Å². The van der Waals surface area contributed by atoms with Crippen LogP contribution in [0, 0.1) is 0 Å². The Hall–Kier alpha value is -1.99. The van der Waals surface area contributed by atoms with Gasteiger partial charge in [0, 0.05) is 34.6 Å². The van der Waals surface area contributed by atoms with Gasteiger partial charge in [-0.25, -0.2) is 12.7 Å². The fourth-order valence-corrected chi connectivity index (χ4v) is 4.76. The Labute approximate surface area is 161 Å². The van der Waals surface area contributed by atoms with Crippen LogP contribution in [0.15, 0.2) is 59.5 Å². The molecular weight excluding hydrogens is 390 g/mol. The number of hydrogen-bond acceptors (Lipinski definition) is 4. The molecule has 0 radical (unpaired) electrons. The molecule has 3 rings (SSSR count). The summed E-state index contributed by atoms with van der Waals surface area (Å²) in [6, 6.07) is 13.8. The molecule has 0 aliphatic heterocycles. The van der Waals surface area contributed by atoms with Gasteiger partial charge in [-0.1, -0.05) is 41.9 Å². The lowest BCUT2D eigenvalue weighted by Crippen LogP contribution is -2.22. The summed E-state index contributed by atoms with van der Waals surface area (Å²) in [6.45, 7) is 0. The lowest BCUT2D eigenvalue weighted by molar-refractivity contribution is 0.104. The van der Waals surface area contributed by atoms with Crippen LogP contribution in [0.5, 0.6) is 0 Å². The fraction of sp³-hybridized carbons (Fsp3) is 0.105. The molecule has 0 aliphatic carbocycles. The normalized spacial score (nSPS) is 12.3. The molecule has 0 bridgehead atoms. The van der Waals surface area contributed by atoms with E-state index in [0.717, 1.165) is 19.3 Å². The lowest BCUT2D eigenvalue weighted by Gasteiger charge is -2.11. The highest BCUT2D eigenvalue weighted by atomic mass is 35.5. The van der Waals surface area contributed by atoms with Crippen LogP contribution >= 0.6 is 22.9 Å². The van der Waals surface area contributed by atoms with Gasteiger partial charge in [-0.2, -0.15) is 0 Å². The van der Waals surface area contributed by atoms with Crippen molar-refractivity contribution >= 4 is 54.9 Å². The minimum absolute atomic E-state index is 0.0849. The molecule has 0 spiro atoms. The van der Waals surface area contributed by atoms with Crippen LogP contribution in [0.3, 0.4) is 0 Å². The fourth-order valence-electron chi connectivity index (χ4n) is 2.41. The molecule has 0 unspecified atom stereocenters. The summed E-state index contributed by atoms with van der Waals surface area (Å²) < 4.78 is 26.6. The Morgan fingerprint density at radius 2 is 1.85 bits per heavy atom. The van der Waals surface area contributed by atoms with E-state index >= 15 is 0 Å². The van der Waals surface area contributed by atoms with Crippen LogP contribution in [0.1, 0.15) is 15.2 Å². The minimum atomic E-state index is -3.59. The first kappa shape index (κ1) is 18.8. The van der Waals surface area contributed by atoms with Crippen molar-refractivity contribution in [1.82, 2.24) is 4.31 Å². The zero-order valence-corrected chi connectivity index (χ0v) is 16.5. The van der Waals surface area contributed by atoms with Crippen molar-refractivity contribution < 1.29 is 13.2 Å². The highest BCUT2D eigenvalue weighted by Crippen LogP contribution is 2.36. The van der Waals surface area contributed by atoms with E-state index in [0.29, 0.717) is 10.6 Å². The summed E-state index contributed by atoms with van der Waals surface area (Å²) in [5.74, 6) is -0.283. The third kappa shape index (κ3) is 3.59. The van der Waals surface area contributed by atoms with Crippen LogP contribution in [0.4, 0.5) is 0 Å². The van der Waals surface area contributed by atoms with Crippen LogP contribution in [-0.4, -0.2) is 32.6 Å². The van der Waals surface area contributed by atoms with Gasteiger partial charge in [-0.05, 0) is 30.4 Å². The molecule has 0 N–H and O–H groups in total. The Kier molecular flexibility index (Phi) is 5.29. The number of rotatable bonds is 5. The molecule has 3 aromatic rings. The van der Waals surface area contributed by atoms with E-state index in [4.69, 9.17) is 11.6 Å². The zero-order valence-electron chi connectivity index (χ0n) is 14.1. The number of allylic oxidation sites excluding steroid dienone is 1. The van der Waals surface area contributed by atoms with E-state index in [1.54, 1.807) is 18.2 Å². The predicted molar refractivity (Wildman–Crippen MR) is 108 cm³/mol. The van der Waals surface area contributed by atoms with Gasteiger partial charge in [0.2, 0.25) is 10.0 Å². The molecule has 2 aromatic carbocycles. The smallest absolute Gasteiger partial charge is 0.242 e. The number of carbonyl (C=O) groups excluding carboxylic acids is 1. The zero-order chi connectivity index (χ0) is 18.9. The molecule has 0 atom stereocenters. The Bertz CT molecular complexity index is 1110. The molecule has 7 heteroatoms. The molecule has 26 heavy (non-hydrogen) atoms. The van der Waals surface area contributed by atoms with Crippen molar-refractivity contribution in [2.45, 2.75) is 4.90 Å². The largest absolute Gasteiger partial charge is 0.289 e. The van der Waals surface area contributed by atoms with Gasteiger partial charge in [0.25, 0.3) is 0 Å². The number of carbonyl (C=O) groups is 1. The first-order valence-electron chi connectivity index (χ1n) is 7.73. The highest BCUT2D eigenvalue weighted by Gasteiger charge is 2.18. The van der Waals surface area contributed by atoms with Crippen molar-refractivity contribution in [3.63, 3.8) is 0 Å². The lowest BCUT2D eigenvalue weighted by atomic mass is 10.1. The average molecular weight is 406 g/mol. The second-order valence-corrected chi connectivity index (χ2v) is 9.40. The number of thiophene rings is 1. The number of halogens is 1. The summed E-state index contributed by atoms with van der Waals surface area (Å²) in [5.41, 5.74) is 0.307. The van der Waals surface area contributed by atoms with Crippen molar-refractivity contribution in [2.75, 3.05) is 14.1 Å². The summed E-state index contributed by atoms with van der Waals surface area (Å²) >= 11 is 7.87. The first-order valence-corrected chi connectivity index (χ1v) is 10.4. The molecule has 1 aromatic heterocycles. The summed E-state index contributed by atoms with van der Waals surface area (Å²) in [5, 5.41) is 1.56. The minimum Gasteiger partial charge on any atom is -0.289 e. The topological polar surface area (TPSA) is 54.5 Å². The molecule has 0 saturated heterocycles. The maximum absolute atomic E-state index is 12.5. The van der Waals surface area contributed by atoms with E-state index < -0.39 is 10.0 Å². The SMILES string of the molecule is CN(C)S(=O)(=O)c1cccc(C(=O)C=Cc2sc3ccccc3c2Cl)c1. The van der Waals surface area contributed by atoms with Gasteiger partial charge in [0.1, 0.15) is 0 Å².